The number of hydrogen-bond acceptors (Lipinski definition) is 6. The van der Waals surface area contributed by atoms with Gasteiger partial charge in [-0.3, -0.25) is 4.79 Å². The molecular weight excluding hydrogens is 475 g/mol. The standard InChI is InChI=1S/C15H20BrCl3N2O3S/c1-9(16)5-11(22)6-13-21-10(7-25-13)3-2-4-12(20)14(23)24-8-15(17,18)19/h5,7,11-12,22H,2-4,6,8,20H2,1H3/b9-5+/t11-,12-/m0/s1. The molecule has 25 heavy (non-hydrogen) atoms. The van der Waals surface area contributed by atoms with E-state index in [2.05, 4.69) is 20.9 Å². The quantitative estimate of drug-likeness (QED) is 0.402. The molecule has 0 aliphatic carbocycles. The highest BCUT2D eigenvalue weighted by molar-refractivity contribution is 9.11. The molecule has 2 atom stereocenters. The Bertz CT molecular complexity index is 589. The van der Waals surface area contributed by atoms with Gasteiger partial charge < -0.3 is 15.6 Å². The van der Waals surface area contributed by atoms with Crippen LogP contribution in [0, 0.1) is 0 Å². The second-order valence-electron chi connectivity index (χ2n) is 5.48. The highest BCUT2D eigenvalue weighted by Gasteiger charge is 2.24. The molecule has 0 fully saturated rings. The average molecular weight is 495 g/mol. The molecule has 1 aromatic rings. The van der Waals surface area contributed by atoms with E-state index in [1.165, 1.54) is 11.3 Å². The molecule has 1 aromatic heterocycles. The number of thiazole rings is 1. The van der Waals surface area contributed by atoms with Crippen LogP contribution in [0.25, 0.3) is 0 Å². The van der Waals surface area contributed by atoms with E-state index in [0.29, 0.717) is 25.7 Å². The van der Waals surface area contributed by atoms with Gasteiger partial charge in [-0.2, -0.15) is 0 Å². The molecule has 0 aliphatic heterocycles. The highest BCUT2D eigenvalue weighted by atomic mass is 79.9. The molecule has 1 heterocycles. The summed E-state index contributed by atoms with van der Waals surface area (Å²) in [6.45, 7) is 1.53. The van der Waals surface area contributed by atoms with Crippen molar-refractivity contribution >= 4 is 68.0 Å². The van der Waals surface area contributed by atoms with E-state index >= 15 is 0 Å². The van der Waals surface area contributed by atoms with E-state index in [4.69, 9.17) is 45.3 Å². The number of carbonyl (C=O) groups is 1. The first-order valence-electron chi connectivity index (χ1n) is 7.51. The van der Waals surface area contributed by atoms with Gasteiger partial charge >= 0.3 is 5.97 Å². The number of aliphatic hydroxyl groups excluding tert-OH is 1. The van der Waals surface area contributed by atoms with E-state index in [1.807, 2.05) is 12.3 Å². The third-order valence-electron chi connectivity index (χ3n) is 3.03. The number of aromatic nitrogens is 1. The predicted molar refractivity (Wildman–Crippen MR) is 107 cm³/mol. The summed E-state index contributed by atoms with van der Waals surface area (Å²) in [6, 6.07) is -0.765. The van der Waals surface area contributed by atoms with Crippen molar-refractivity contribution in [3.63, 3.8) is 0 Å². The molecule has 10 heteroatoms. The molecule has 0 amide bonds. The maximum atomic E-state index is 11.7. The lowest BCUT2D eigenvalue weighted by atomic mass is 10.1. The molecular formula is C15H20BrCl3N2O3S. The number of rotatable bonds is 9. The fourth-order valence-corrected chi connectivity index (χ4v) is 3.29. The molecule has 0 aromatic carbocycles. The lowest BCUT2D eigenvalue weighted by molar-refractivity contribution is -0.145. The molecule has 5 nitrogen and oxygen atoms in total. The maximum absolute atomic E-state index is 11.7. The molecule has 1 rings (SSSR count). The summed E-state index contributed by atoms with van der Waals surface area (Å²) in [5.41, 5.74) is 6.67. The molecule has 0 bridgehead atoms. The van der Waals surface area contributed by atoms with Crippen molar-refractivity contribution < 1.29 is 14.6 Å². The number of carbonyl (C=O) groups excluding carboxylic acids is 1. The summed E-state index contributed by atoms with van der Waals surface area (Å²) in [7, 11) is 0. The first-order chi connectivity index (χ1) is 11.6. The van der Waals surface area contributed by atoms with E-state index in [9.17, 15) is 9.90 Å². The maximum Gasteiger partial charge on any atom is 0.323 e. The second kappa shape index (κ2) is 11.1. The number of alkyl halides is 3. The number of aryl methyl sites for hydroxylation is 1. The normalized spacial score (nSPS) is 15.1. The number of esters is 1. The van der Waals surface area contributed by atoms with Crippen molar-refractivity contribution in [3.05, 3.63) is 26.6 Å². The Morgan fingerprint density at radius 2 is 2.24 bits per heavy atom. The molecule has 142 valence electrons. The van der Waals surface area contributed by atoms with E-state index in [0.717, 1.165) is 15.2 Å². The smallest absolute Gasteiger partial charge is 0.323 e. The topological polar surface area (TPSA) is 85.4 Å². The number of aliphatic hydroxyl groups is 1. The average Bonchev–Trinajstić information content (AvgIpc) is 2.90. The number of ether oxygens (including phenoxy) is 1. The SMILES string of the molecule is C/C(Br)=C\[C@H](O)Cc1nc(CCC[C@H](N)C(=O)OCC(Cl)(Cl)Cl)cs1. The number of hydrogen-bond donors (Lipinski definition) is 2. The van der Waals surface area contributed by atoms with Crippen molar-refractivity contribution in [3.8, 4) is 0 Å². The van der Waals surface area contributed by atoms with Crippen LogP contribution < -0.4 is 5.73 Å². The van der Waals surface area contributed by atoms with Crippen LogP contribution in [0.1, 0.15) is 30.5 Å². The molecule has 0 radical (unpaired) electrons. The Kier molecular flexibility index (Phi) is 10.2. The summed E-state index contributed by atoms with van der Waals surface area (Å²) in [5, 5.41) is 12.7. The van der Waals surface area contributed by atoms with E-state index in [1.54, 1.807) is 6.08 Å². The number of nitrogens with zero attached hydrogens (tertiary/aromatic N) is 1. The van der Waals surface area contributed by atoms with Gasteiger partial charge in [-0.15, -0.1) is 11.3 Å². The Morgan fingerprint density at radius 3 is 2.84 bits per heavy atom. The number of allylic oxidation sites excluding steroid dienone is 1. The zero-order valence-corrected chi connectivity index (χ0v) is 18.2. The van der Waals surface area contributed by atoms with Crippen molar-refractivity contribution in [1.82, 2.24) is 4.98 Å². The van der Waals surface area contributed by atoms with Crippen LogP contribution in [0.4, 0.5) is 0 Å². The lowest BCUT2D eigenvalue weighted by Gasteiger charge is -2.14. The van der Waals surface area contributed by atoms with Crippen molar-refractivity contribution in [2.24, 2.45) is 5.73 Å². The molecule has 3 N–H and O–H groups in total. The lowest BCUT2D eigenvalue weighted by Crippen LogP contribution is -2.34. The summed E-state index contributed by atoms with van der Waals surface area (Å²) < 4.78 is 4.08. The van der Waals surface area contributed by atoms with Crippen LogP contribution in [-0.4, -0.2) is 38.6 Å². The van der Waals surface area contributed by atoms with Crippen LogP contribution in [-0.2, 0) is 22.4 Å². The summed E-state index contributed by atoms with van der Waals surface area (Å²) in [5.74, 6) is -0.592. The minimum absolute atomic E-state index is 0.329. The Hall–Kier alpha value is 0.110. The zero-order chi connectivity index (χ0) is 19.0. The van der Waals surface area contributed by atoms with Gasteiger partial charge in [0.1, 0.15) is 12.6 Å². The van der Waals surface area contributed by atoms with E-state index in [-0.39, 0.29) is 6.61 Å². The first-order valence-corrected chi connectivity index (χ1v) is 10.3. The molecule has 0 saturated heterocycles. The monoisotopic (exact) mass is 492 g/mol. The summed E-state index contributed by atoms with van der Waals surface area (Å²) >= 11 is 21.3. The minimum Gasteiger partial charge on any atom is -0.460 e. The fraction of sp³-hybridized carbons (Fsp3) is 0.600. The minimum atomic E-state index is -1.64. The van der Waals surface area contributed by atoms with Gasteiger partial charge in [-0.05, 0) is 36.7 Å². The molecule has 0 unspecified atom stereocenters. The van der Waals surface area contributed by atoms with Crippen molar-refractivity contribution in [2.45, 2.75) is 48.5 Å². The van der Waals surface area contributed by atoms with Gasteiger partial charge in [0.15, 0.2) is 0 Å². The predicted octanol–water partition coefficient (Wildman–Crippen LogP) is 3.91. The third-order valence-corrected chi connectivity index (χ3v) is 4.55. The van der Waals surface area contributed by atoms with E-state index < -0.39 is 21.9 Å². The third kappa shape index (κ3) is 10.8. The molecule has 0 saturated carbocycles. The first kappa shape index (κ1) is 23.1. The van der Waals surface area contributed by atoms with Crippen LogP contribution in [0.5, 0.6) is 0 Å². The van der Waals surface area contributed by atoms with Gasteiger partial charge in [0.25, 0.3) is 0 Å². The van der Waals surface area contributed by atoms with Crippen molar-refractivity contribution in [2.75, 3.05) is 6.61 Å². The van der Waals surface area contributed by atoms with Gasteiger partial charge in [0.05, 0.1) is 16.8 Å². The van der Waals surface area contributed by atoms with Crippen LogP contribution >= 0.6 is 62.1 Å². The summed E-state index contributed by atoms with van der Waals surface area (Å²) in [6.07, 6.45) is 3.43. The van der Waals surface area contributed by atoms with Gasteiger partial charge in [0.2, 0.25) is 3.79 Å². The Balaban J connectivity index is 2.34. The molecule has 0 spiro atoms. The largest absolute Gasteiger partial charge is 0.460 e. The Morgan fingerprint density at radius 1 is 1.56 bits per heavy atom. The summed E-state index contributed by atoms with van der Waals surface area (Å²) in [4.78, 5) is 16.1. The zero-order valence-electron chi connectivity index (χ0n) is 13.6. The number of halogens is 4. The second-order valence-corrected chi connectivity index (χ2v) is 10.2. The fourth-order valence-electron chi connectivity index (χ4n) is 1.94. The molecule has 0 aliphatic rings. The van der Waals surface area contributed by atoms with Crippen molar-refractivity contribution in [1.29, 1.82) is 0 Å². The Labute approximate surface area is 174 Å². The van der Waals surface area contributed by atoms with Crippen LogP contribution in [0.15, 0.2) is 15.9 Å². The van der Waals surface area contributed by atoms with Gasteiger partial charge in [-0.1, -0.05) is 50.7 Å². The number of nitrogens with two attached hydrogens (primary N) is 1. The van der Waals surface area contributed by atoms with Gasteiger partial charge in [-0.25, -0.2) is 4.98 Å². The van der Waals surface area contributed by atoms with Crippen LogP contribution in [0.2, 0.25) is 0 Å². The van der Waals surface area contributed by atoms with Crippen LogP contribution in [0.3, 0.4) is 0 Å². The van der Waals surface area contributed by atoms with Gasteiger partial charge in [0, 0.05) is 11.8 Å². The highest BCUT2D eigenvalue weighted by Crippen LogP contribution is 2.26.